The monoisotopic (exact) mass is 243 g/mol. The number of fused-ring (bicyclic) bond motifs is 1. The minimum absolute atomic E-state index is 0.00296. The Morgan fingerprint density at radius 2 is 2.22 bits per heavy atom. The molecule has 2 aromatic rings. The Morgan fingerprint density at radius 1 is 1.44 bits per heavy atom. The van der Waals surface area contributed by atoms with Gasteiger partial charge in [0.25, 0.3) is 0 Å². The zero-order valence-corrected chi connectivity index (χ0v) is 10.2. The lowest BCUT2D eigenvalue weighted by molar-refractivity contribution is -0.390. The molecule has 0 saturated heterocycles. The van der Waals surface area contributed by atoms with Crippen molar-refractivity contribution in [2.75, 3.05) is 0 Å². The number of pyridine rings is 1. The Kier molecular flexibility index (Phi) is 3.23. The van der Waals surface area contributed by atoms with Crippen LogP contribution in [0.3, 0.4) is 0 Å². The fraction of sp³-hybridized carbons (Fsp3) is 0.154. The number of hydrogen-bond donors (Lipinski definition) is 0. The Hall–Kier alpha value is -2.43. The molecule has 0 N–H and O–H groups in total. The first-order valence-corrected chi connectivity index (χ1v) is 5.60. The Labute approximate surface area is 104 Å². The summed E-state index contributed by atoms with van der Waals surface area (Å²) in [5.41, 5.74) is 1.71. The molecule has 2 rings (SSSR count). The van der Waals surface area contributed by atoms with E-state index in [1.54, 1.807) is 24.4 Å². The van der Waals surface area contributed by atoms with E-state index in [4.69, 9.17) is 0 Å². The van der Waals surface area contributed by atoms with Gasteiger partial charge in [-0.2, -0.15) is 9.38 Å². The van der Waals surface area contributed by atoms with Crippen LogP contribution in [-0.2, 0) is 0 Å². The first kappa shape index (κ1) is 12.0. The number of allylic oxidation sites excluding steroid dienone is 4. The summed E-state index contributed by atoms with van der Waals surface area (Å²) in [5, 5.41) is 11.2. The molecule has 0 aliphatic heterocycles. The van der Waals surface area contributed by atoms with Gasteiger partial charge in [-0.1, -0.05) is 24.3 Å². The standard InChI is InChI=1S/C13H13N3O2/c1-3-7-10(4-2)12-13(16(17)18)15-9-6-5-8-11(15)14-12/h3-9H,1-2H3/b7-3-,10-4+. The van der Waals surface area contributed by atoms with E-state index in [1.165, 1.54) is 4.40 Å². The van der Waals surface area contributed by atoms with Crippen LogP contribution in [0.15, 0.2) is 42.6 Å². The van der Waals surface area contributed by atoms with Gasteiger partial charge in [-0.15, -0.1) is 0 Å². The van der Waals surface area contributed by atoms with Gasteiger partial charge < -0.3 is 10.1 Å². The Morgan fingerprint density at radius 3 is 2.83 bits per heavy atom. The minimum Gasteiger partial charge on any atom is -0.358 e. The zero-order valence-electron chi connectivity index (χ0n) is 10.2. The first-order chi connectivity index (χ1) is 8.69. The van der Waals surface area contributed by atoms with Crippen LogP contribution in [0, 0.1) is 10.1 Å². The van der Waals surface area contributed by atoms with Gasteiger partial charge in [0.1, 0.15) is 0 Å². The van der Waals surface area contributed by atoms with Crippen molar-refractivity contribution in [1.82, 2.24) is 9.38 Å². The molecule has 2 aromatic heterocycles. The van der Waals surface area contributed by atoms with E-state index >= 15 is 0 Å². The molecule has 0 amide bonds. The summed E-state index contributed by atoms with van der Waals surface area (Å²) < 4.78 is 1.49. The average molecular weight is 243 g/mol. The fourth-order valence-electron chi connectivity index (χ4n) is 1.84. The minimum atomic E-state index is -0.400. The van der Waals surface area contributed by atoms with Crippen LogP contribution in [0.25, 0.3) is 11.2 Å². The first-order valence-electron chi connectivity index (χ1n) is 5.60. The number of nitro groups is 1. The summed E-state index contributed by atoms with van der Waals surface area (Å²) in [6.45, 7) is 3.70. The molecule has 2 heterocycles. The molecule has 0 bridgehead atoms. The van der Waals surface area contributed by atoms with Crippen molar-refractivity contribution in [2.45, 2.75) is 13.8 Å². The second kappa shape index (κ2) is 4.83. The normalized spacial score (nSPS) is 12.4. The molecule has 0 radical (unpaired) electrons. The molecule has 0 atom stereocenters. The topological polar surface area (TPSA) is 60.4 Å². The van der Waals surface area contributed by atoms with Crippen LogP contribution >= 0.6 is 0 Å². The summed E-state index contributed by atoms with van der Waals surface area (Å²) in [4.78, 5) is 15.1. The van der Waals surface area contributed by atoms with E-state index in [-0.39, 0.29) is 5.82 Å². The lowest BCUT2D eigenvalue weighted by Gasteiger charge is -1.98. The van der Waals surface area contributed by atoms with E-state index < -0.39 is 4.92 Å². The highest BCUT2D eigenvalue weighted by Crippen LogP contribution is 2.27. The van der Waals surface area contributed by atoms with E-state index in [0.717, 1.165) is 5.57 Å². The van der Waals surface area contributed by atoms with Crippen molar-refractivity contribution in [3.63, 3.8) is 0 Å². The van der Waals surface area contributed by atoms with E-state index in [0.29, 0.717) is 11.3 Å². The molecular formula is C13H13N3O2. The highest BCUT2D eigenvalue weighted by Gasteiger charge is 2.23. The summed E-state index contributed by atoms with van der Waals surface area (Å²) >= 11 is 0. The molecule has 0 spiro atoms. The number of imidazole rings is 1. The van der Waals surface area contributed by atoms with Crippen molar-refractivity contribution in [3.05, 3.63) is 58.4 Å². The summed E-state index contributed by atoms with van der Waals surface area (Å²) in [7, 11) is 0. The van der Waals surface area contributed by atoms with Crippen molar-refractivity contribution < 1.29 is 4.92 Å². The summed E-state index contributed by atoms with van der Waals surface area (Å²) in [6.07, 6.45) is 7.11. The van der Waals surface area contributed by atoms with Gasteiger partial charge in [-0.3, -0.25) is 0 Å². The SMILES string of the molecule is C/C=C\C(=C/C)c1nc2ccccn2c1[N+](=O)[O-]. The van der Waals surface area contributed by atoms with Crippen molar-refractivity contribution in [2.24, 2.45) is 0 Å². The van der Waals surface area contributed by atoms with Gasteiger partial charge in [-0.25, -0.2) is 0 Å². The fourth-order valence-corrected chi connectivity index (χ4v) is 1.84. The second-order valence-electron chi connectivity index (χ2n) is 3.71. The lowest BCUT2D eigenvalue weighted by atomic mass is 10.1. The zero-order chi connectivity index (χ0) is 13.1. The molecule has 5 heteroatoms. The third kappa shape index (κ3) is 1.90. The summed E-state index contributed by atoms with van der Waals surface area (Å²) in [5.74, 6) is -0.00296. The summed E-state index contributed by atoms with van der Waals surface area (Å²) in [6, 6.07) is 5.30. The van der Waals surface area contributed by atoms with Crippen LogP contribution in [0.4, 0.5) is 5.82 Å². The van der Waals surface area contributed by atoms with E-state index in [2.05, 4.69) is 4.98 Å². The maximum Gasteiger partial charge on any atom is 0.355 e. The lowest BCUT2D eigenvalue weighted by Crippen LogP contribution is -1.96. The molecule has 0 aliphatic carbocycles. The molecule has 0 aliphatic rings. The van der Waals surface area contributed by atoms with Crippen LogP contribution in [-0.4, -0.2) is 14.3 Å². The van der Waals surface area contributed by atoms with Gasteiger partial charge in [0.2, 0.25) is 5.65 Å². The number of hydrogen-bond acceptors (Lipinski definition) is 3. The molecule has 0 aromatic carbocycles. The van der Waals surface area contributed by atoms with Crippen molar-refractivity contribution in [3.8, 4) is 0 Å². The number of aromatic nitrogens is 2. The highest BCUT2D eigenvalue weighted by molar-refractivity contribution is 5.78. The largest absolute Gasteiger partial charge is 0.358 e. The van der Waals surface area contributed by atoms with Crippen LogP contribution in [0.2, 0.25) is 0 Å². The maximum absolute atomic E-state index is 11.2. The predicted octanol–water partition coefficient (Wildman–Crippen LogP) is 3.22. The van der Waals surface area contributed by atoms with Gasteiger partial charge in [-0.05, 0) is 24.8 Å². The highest BCUT2D eigenvalue weighted by atomic mass is 16.6. The quantitative estimate of drug-likeness (QED) is 0.472. The van der Waals surface area contributed by atoms with Crippen LogP contribution < -0.4 is 0 Å². The van der Waals surface area contributed by atoms with E-state index in [1.807, 2.05) is 32.1 Å². The Bertz CT molecular complexity index is 653. The van der Waals surface area contributed by atoms with Crippen LogP contribution in [0.5, 0.6) is 0 Å². The Balaban J connectivity index is 2.78. The molecule has 18 heavy (non-hydrogen) atoms. The third-order valence-electron chi connectivity index (χ3n) is 2.61. The number of nitrogens with zero attached hydrogens (tertiary/aromatic N) is 3. The molecule has 0 unspecified atom stereocenters. The van der Waals surface area contributed by atoms with Gasteiger partial charge >= 0.3 is 5.82 Å². The molecular weight excluding hydrogens is 230 g/mol. The maximum atomic E-state index is 11.2. The van der Waals surface area contributed by atoms with E-state index in [9.17, 15) is 10.1 Å². The smallest absolute Gasteiger partial charge is 0.355 e. The van der Waals surface area contributed by atoms with Crippen LogP contribution in [0.1, 0.15) is 19.5 Å². The van der Waals surface area contributed by atoms with Crippen molar-refractivity contribution >= 4 is 17.0 Å². The van der Waals surface area contributed by atoms with Gasteiger partial charge in [0.05, 0.1) is 6.20 Å². The molecule has 0 saturated carbocycles. The second-order valence-corrected chi connectivity index (χ2v) is 3.71. The average Bonchev–Trinajstić information content (AvgIpc) is 2.74. The molecule has 5 nitrogen and oxygen atoms in total. The van der Waals surface area contributed by atoms with Gasteiger partial charge in [0.15, 0.2) is 5.69 Å². The number of rotatable bonds is 3. The third-order valence-corrected chi connectivity index (χ3v) is 2.61. The van der Waals surface area contributed by atoms with Crippen molar-refractivity contribution in [1.29, 1.82) is 0 Å². The predicted molar refractivity (Wildman–Crippen MR) is 70.3 cm³/mol. The molecule has 0 fully saturated rings. The van der Waals surface area contributed by atoms with Gasteiger partial charge in [0, 0.05) is 11.6 Å². The molecule has 92 valence electrons.